The molecule has 184 valence electrons. The van der Waals surface area contributed by atoms with Crippen LogP contribution in [-0.2, 0) is 16.0 Å². The molecule has 34 heavy (non-hydrogen) atoms. The molecule has 0 saturated heterocycles. The predicted octanol–water partition coefficient (Wildman–Crippen LogP) is 3.10. The maximum Gasteiger partial charge on any atom is 0.217 e. The van der Waals surface area contributed by atoms with Gasteiger partial charge in [-0.25, -0.2) is 0 Å². The van der Waals surface area contributed by atoms with E-state index in [1.165, 1.54) is 6.92 Å². The van der Waals surface area contributed by atoms with Gasteiger partial charge in [-0.2, -0.15) is 0 Å². The molecule has 3 atom stereocenters. The maximum absolute atomic E-state index is 13.1. The maximum atomic E-state index is 13.1. The number of carbonyl (C=O) groups excluding carboxylic acids is 2. The van der Waals surface area contributed by atoms with Gasteiger partial charge in [0.2, 0.25) is 5.91 Å². The van der Waals surface area contributed by atoms with Crippen molar-refractivity contribution in [2.24, 2.45) is 5.41 Å². The molecule has 7 heteroatoms. The summed E-state index contributed by atoms with van der Waals surface area (Å²) in [4.78, 5) is 24.9. The zero-order valence-corrected chi connectivity index (χ0v) is 20.6. The van der Waals surface area contributed by atoms with E-state index in [1.807, 2.05) is 62.4 Å². The first-order chi connectivity index (χ1) is 16.2. The Labute approximate surface area is 202 Å². The second-order valence-corrected chi connectivity index (χ2v) is 9.66. The lowest BCUT2D eigenvalue weighted by Crippen LogP contribution is -2.49. The van der Waals surface area contributed by atoms with E-state index < -0.39 is 17.6 Å². The average Bonchev–Trinajstić information content (AvgIpc) is 2.80. The molecule has 0 spiro atoms. The number of aliphatic hydroxyl groups is 1. The van der Waals surface area contributed by atoms with Crippen molar-refractivity contribution in [3.8, 4) is 0 Å². The summed E-state index contributed by atoms with van der Waals surface area (Å²) in [6.45, 7) is 6.93. The highest BCUT2D eigenvalue weighted by Crippen LogP contribution is 2.41. The normalized spacial score (nSPS) is 18.6. The fourth-order valence-corrected chi connectivity index (χ4v) is 4.54. The van der Waals surface area contributed by atoms with Crippen molar-refractivity contribution in [3.05, 3.63) is 65.2 Å². The minimum absolute atomic E-state index is 0.101. The smallest absolute Gasteiger partial charge is 0.217 e. The summed E-state index contributed by atoms with van der Waals surface area (Å²) in [7, 11) is 1.66. The van der Waals surface area contributed by atoms with E-state index in [2.05, 4.69) is 16.0 Å². The number of fused-ring (bicyclic) bond motifs is 1. The standard InChI is InChI=1S/C27H37N3O4/c1-18(31)30-23(14-19-8-6-5-7-9-19)25(32)17-29-24-16-27(2,3)26(33)21-11-10-20(15-22(21)24)28-12-13-34-4/h5-11,15,23-25,28-29,32H,12-14,16-17H2,1-4H3,(H,30,31)/t23-,24+,25+/m0/s1. The number of ketones is 1. The molecule has 1 aliphatic rings. The van der Waals surface area contributed by atoms with Gasteiger partial charge < -0.3 is 25.8 Å². The van der Waals surface area contributed by atoms with Crippen LogP contribution in [0.1, 0.15) is 54.7 Å². The molecule has 4 N–H and O–H groups in total. The van der Waals surface area contributed by atoms with Crippen LogP contribution in [0.4, 0.5) is 5.69 Å². The highest BCUT2D eigenvalue weighted by Gasteiger charge is 2.39. The molecule has 2 aromatic rings. The van der Waals surface area contributed by atoms with Gasteiger partial charge in [0.25, 0.3) is 0 Å². The number of methoxy groups -OCH3 is 1. The molecule has 0 radical (unpaired) electrons. The second-order valence-electron chi connectivity index (χ2n) is 9.66. The van der Waals surface area contributed by atoms with Crippen molar-refractivity contribution in [1.82, 2.24) is 10.6 Å². The highest BCUT2D eigenvalue weighted by molar-refractivity contribution is 6.03. The number of ether oxygens (including phenoxy) is 1. The van der Waals surface area contributed by atoms with Crippen LogP contribution >= 0.6 is 0 Å². The second kappa shape index (κ2) is 11.6. The van der Waals surface area contributed by atoms with Crippen LogP contribution in [0.25, 0.3) is 0 Å². The first-order valence-electron chi connectivity index (χ1n) is 11.9. The summed E-state index contributed by atoms with van der Waals surface area (Å²) in [5, 5.41) is 20.7. The number of rotatable bonds is 11. The van der Waals surface area contributed by atoms with E-state index in [0.29, 0.717) is 31.6 Å². The lowest BCUT2D eigenvalue weighted by atomic mass is 9.71. The summed E-state index contributed by atoms with van der Waals surface area (Å²) in [5.74, 6) is -0.0498. The number of Topliss-reactive ketones (excluding diaryl/α,β-unsaturated/α-hetero) is 1. The van der Waals surface area contributed by atoms with Gasteiger partial charge in [0, 0.05) is 49.8 Å². The molecule has 0 fully saturated rings. The van der Waals surface area contributed by atoms with Crippen LogP contribution in [0.2, 0.25) is 0 Å². The van der Waals surface area contributed by atoms with E-state index in [0.717, 1.165) is 16.8 Å². The first kappa shape index (κ1) is 25.9. The van der Waals surface area contributed by atoms with Crippen LogP contribution < -0.4 is 16.0 Å². The zero-order valence-electron chi connectivity index (χ0n) is 20.6. The molecule has 0 saturated carbocycles. The van der Waals surface area contributed by atoms with Crippen LogP contribution in [0, 0.1) is 5.41 Å². The van der Waals surface area contributed by atoms with Crippen molar-refractivity contribution in [1.29, 1.82) is 0 Å². The molecule has 0 aliphatic heterocycles. The minimum atomic E-state index is -0.795. The Morgan fingerprint density at radius 3 is 2.62 bits per heavy atom. The van der Waals surface area contributed by atoms with Crippen molar-refractivity contribution >= 4 is 17.4 Å². The van der Waals surface area contributed by atoms with E-state index in [-0.39, 0.29) is 24.3 Å². The van der Waals surface area contributed by atoms with E-state index >= 15 is 0 Å². The monoisotopic (exact) mass is 467 g/mol. The number of nitrogens with one attached hydrogen (secondary N) is 3. The quantitative estimate of drug-likeness (QED) is 0.379. The molecule has 7 nitrogen and oxygen atoms in total. The molecule has 0 aromatic heterocycles. The number of anilines is 1. The topological polar surface area (TPSA) is 99.7 Å². The molecule has 1 aliphatic carbocycles. The Hall–Kier alpha value is -2.74. The van der Waals surface area contributed by atoms with Gasteiger partial charge >= 0.3 is 0 Å². The molecule has 0 unspecified atom stereocenters. The number of carbonyl (C=O) groups is 2. The molecule has 2 aromatic carbocycles. The van der Waals surface area contributed by atoms with Crippen LogP contribution in [0.3, 0.4) is 0 Å². The number of hydrogen-bond acceptors (Lipinski definition) is 6. The predicted molar refractivity (Wildman–Crippen MR) is 134 cm³/mol. The summed E-state index contributed by atoms with van der Waals surface area (Å²) in [5.41, 5.74) is 3.10. The third-order valence-corrected chi connectivity index (χ3v) is 6.36. The Kier molecular flexibility index (Phi) is 8.83. The van der Waals surface area contributed by atoms with E-state index in [4.69, 9.17) is 4.74 Å². The number of amides is 1. The van der Waals surface area contributed by atoms with Crippen LogP contribution in [0.15, 0.2) is 48.5 Å². The minimum Gasteiger partial charge on any atom is -0.390 e. The SMILES string of the molecule is COCCNc1ccc2c(c1)[C@H](NC[C@@H](O)[C@H](Cc1ccccc1)NC(C)=O)CC(C)(C)C2=O. The Morgan fingerprint density at radius 2 is 1.94 bits per heavy atom. The average molecular weight is 468 g/mol. The molecule has 1 amide bonds. The zero-order chi connectivity index (χ0) is 24.7. The van der Waals surface area contributed by atoms with Crippen LogP contribution in [-0.4, -0.2) is 55.7 Å². The van der Waals surface area contributed by atoms with E-state index in [1.54, 1.807) is 7.11 Å². The van der Waals surface area contributed by atoms with Crippen molar-refractivity contribution in [3.63, 3.8) is 0 Å². The summed E-state index contributed by atoms with van der Waals surface area (Å²) in [6, 6.07) is 15.1. The Bertz CT molecular complexity index is 977. The fourth-order valence-electron chi connectivity index (χ4n) is 4.54. The van der Waals surface area contributed by atoms with Crippen molar-refractivity contribution in [2.75, 3.05) is 32.1 Å². The summed E-state index contributed by atoms with van der Waals surface area (Å²) >= 11 is 0. The molecule has 3 rings (SSSR count). The van der Waals surface area contributed by atoms with Gasteiger partial charge in [-0.05, 0) is 42.2 Å². The third-order valence-electron chi connectivity index (χ3n) is 6.36. The van der Waals surface area contributed by atoms with Gasteiger partial charge in [0.15, 0.2) is 5.78 Å². The Balaban J connectivity index is 1.76. The number of benzene rings is 2. The summed E-state index contributed by atoms with van der Waals surface area (Å²) < 4.78 is 5.11. The molecule has 0 heterocycles. The lowest BCUT2D eigenvalue weighted by molar-refractivity contribution is -0.120. The fraction of sp³-hybridized carbons (Fsp3) is 0.481. The molecule has 0 bridgehead atoms. The van der Waals surface area contributed by atoms with Crippen molar-refractivity contribution < 1.29 is 19.4 Å². The largest absolute Gasteiger partial charge is 0.390 e. The Morgan fingerprint density at radius 1 is 1.21 bits per heavy atom. The van der Waals surface area contributed by atoms with E-state index in [9.17, 15) is 14.7 Å². The van der Waals surface area contributed by atoms with Gasteiger partial charge in [-0.3, -0.25) is 9.59 Å². The number of aliphatic hydroxyl groups excluding tert-OH is 1. The van der Waals surface area contributed by atoms with Gasteiger partial charge in [0.1, 0.15) is 0 Å². The summed E-state index contributed by atoms with van der Waals surface area (Å²) in [6.07, 6.45) is 0.356. The van der Waals surface area contributed by atoms with Gasteiger partial charge in [-0.15, -0.1) is 0 Å². The van der Waals surface area contributed by atoms with Gasteiger partial charge in [0.05, 0.1) is 18.8 Å². The molecular weight excluding hydrogens is 430 g/mol. The van der Waals surface area contributed by atoms with Crippen molar-refractivity contribution in [2.45, 2.75) is 51.8 Å². The van der Waals surface area contributed by atoms with Crippen LogP contribution in [0.5, 0.6) is 0 Å². The molecular formula is C27H37N3O4. The third kappa shape index (κ3) is 6.65. The highest BCUT2D eigenvalue weighted by atomic mass is 16.5. The number of hydrogen-bond donors (Lipinski definition) is 4. The van der Waals surface area contributed by atoms with Gasteiger partial charge in [-0.1, -0.05) is 44.2 Å². The first-order valence-corrected chi connectivity index (χ1v) is 11.9. The lowest BCUT2D eigenvalue weighted by Gasteiger charge is -2.37.